The first-order valence-electron chi connectivity index (χ1n) is 5.52. The molecule has 0 heterocycles. The molecule has 0 amide bonds. The second-order valence-electron chi connectivity index (χ2n) is 4.42. The van der Waals surface area contributed by atoms with Crippen molar-refractivity contribution in [3.8, 4) is 6.07 Å². The van der Waals surface area contributed by atoms with E-state index in [1.165, 1.54) is 12.1 Å². The molecule has 4 nitrogen and oxygen atoms in total. The summed E-state index contributed by atoms with van der Waals surface area (Å²) in [4.78, 5) is 15.7. The molecule has 0 N–H and O–H groups in total. The highest BCUT2D eigenvalue weighted by molar-refractivity contribution is 6.11. The average Bonchev–Trinajstić information content (AvgIpc) is 2.39. The maximum absolute atomic E-state index is 12.6. The average molecular weight is 284 g/mol. The highest BCUT2D eigenvalue weighted by Gasteiger charge is 2.54. The molecule has 0 spiro atoms. The molecule has 0 radical (unpaired) electrons. The first-order valence-corrected chi connectivity index (χ1v) is 5.52. The first-order chi connectivity index (χ1) is 9.20. The third-order valence-corrected chi connectivity index (χ3v) is 2.59. The minimum absolute atomic E-state index is 0.281. The molecule has 1 aromatic rings. The summed E-state index contributed by atoms with van der Waals surface area (Å²) in [6, 6.07) is 9.61. The molecule has 0 saturated heterocycles. The topological polar surface area (TPSA) is 62.4 Å². The Balaban J connectivity index is 2.92. The van der Waals surface area contributed by atoms with Crippen molar-refractivity contribution in [1.82, 2.24) is 0 Å². The van der Waals surface area contributed by atoms with Gasteiger partial charge in [-0.25, -0.2) is 4.79 Å². The van der Waals surface area contributed by atoms with E-state index in [0.717, 1.165) is 0 Å². The molecule has 0 bridgehead atoms. The number of oxime groups is 1. The zero-order valence-corrected chi connectivity index (χ0v) is 10.7. The van der Waals surface area contributed by atoms with E-state index in [0.29, 0.717) is 19.4 Å². The number of alkyl halides is 3. The van der Waals surface area contributed by atoms with Crippen LogP contribution in [0.1, 0.15) is 19.4 Å². The number of hydrogen-bond donors (Lipinski definition) is 0. The van der Waals surface area contributed by atoms with E-state index < -0.39 is 17.6 Å². The monoisotopic (exact) mass is 284 g/mol. The van der Waals surface area contributed by atoms with Crippen LogP contribution in [0.3, 0.4) is 0 Å². The summed E-state index contributed by atoms with van der Waals surface area (Å²) in [5.41, 5.74) is -2.64. The molecule has 0 unspecified atom stereocenters. The molecular formula is C13H11F3N2O2. The molecular weight excluding hydrogens is 273 g/mol. The van der Waals surface area contributed by atoms with Gasteiger partial charge in [0.05, 0.1) is 0 Å². The molecule has 7 heteroatoms. The number of nitriles is 1. The van der Waals surface area contributed by atoms with Gasteiger partial charge in [-0.05, 0) is 13.8 Å². The number of halogens is 3. The van der Waals surface area contributed by atoms with E-state index in [1.54, 1.807) is 24.3 Å². The lowest BCUT2D eigenvalue weighted by atomic mass is 9.93. The van der Waals surface area contributed by atoms with Gasteiger partial charge >= 0.3 is 12.1 Å². The fraction of sp³-hybridized carbons (Fsp3) is 0.308. The summed E-state index contributed by atoms with van der Waals surface area (Å²) >= 11 is 0. The van der Waals surface area contributed by atoms with Crippen LogP contribution in [0.15, 0.2) is 35.5 Å². The predicted molar refractivity (Wildman–Crippen MR) is 64.5 cm³/mol. The number of carbonyl (C=O) groups excluding carboxylic acids is 1. The van der Waals surface area contributed by atoms with Crippen LogP contribution in [0.4, 0.5) is 13.2 Å². The summed E-state index contributed by atoms with van der Waals surface area (Å²) in [6.07, 6.45) is -4.76. The highest BCUT2D eigenvalue weighted by atomic mass is 19.4. The van der Waals surface area contributed by atoms with Gasteiger partial charge in [0.2, 0.25) is 0 Å². The Morgan fingerprint density at radius 3 is 2.25 bits per heavy atom. The number of rotatable bonds is 3. The van der Waals surface area contributed by atoms with Crippen LogP contribution >= 0.6 is 0 Å². The second kappa shape index (κ2) is 5.74. The third-order valence-electron chi connectivity index (χ3n) is 2.59. The Kier molecular flexibility index (Phi) is 4.50. The van der Waals surface area contributed by atoms with Gasteiger partial charge in [-0.3, -0.25) is 0 Å². The van der Waals surface area contributed by atoms with Crippen LogP contribution in [-0.4, -0.2) is 17.9 Å². The summed E-state index contributed by atoms with van der Waals surface area (Å²) < 4.78 is 37.8. The fourth-order valence-corrected chi connectivity index (χ4v) is 1.05. The lowest BCUT2D eigenvalue weighted by Gasteiger charge is -2.23. The normalized spacial score (nSPS) is 12.7. The lowest BCUT2D eigenvalue weighted by molar-refractivity contribution is -0.224. The van der Waals surface area contributed by atoms with Crippen molar-refractivity contribution in [1.29, 1.82) is 5.26 Å². The Morgan fingerprint density at radius 1 is 1.25 bits per heavy atom. The van der Waals surface area contributed by atoms with Crippen LogP contribution in [0.5, 0.6) is 0 Å². The smallest absolute Gasteiger partial charge is 0.316 e. The Hall–Kier alpha value is -2.36. The Labute approximate surface area is 113 Å². The summed E-state index contributed by atoms with van der Waals surface area (Å²) in [5.74, 6) is -1.58. The van der Waals surface area contributed by atoms with Crippen molar-refractivity contribution >= 4 is 11.7 Å². The molecule has 0 aliphatic rings. The SMILES string of the molecule is CC(C)(C(=O)O/N=C(/C#N)c1ccccc1)C(F)(F)F. The van der Waals surface area contributed by atoms with E-state index in [1.807, 2.05) is 0 Å². The minimum atomic E-state index is -4.76. The van der Waals surface area contributed by atoms with Gasteiger partial charge in [-0.15, -0.1) is 0 Å². The Morgan fingerprint density at radius 2 is 1.80 bits per heavy atom. The standard InChI is InChI=1S/C13H11F3N2O2/c1-12(2,13(14,15)16)11(19)20-18-10(8-17)9-6-4-3-5-7-9/h3-7H,1-2H3/b18-10-. The van der Waals surface area contributed by atoms with E-state index in [2.05, 4.69) is 9.99 Å². The highest BCUT2D eigenvalue weighted by Crippen LogP contribution is 2.38. The Bertz CT molecular complexity index is 557. The van der Waals surface area contributed by atoms with Gasteiger partial charge in [-0.1, -0.05) is 35.5 Å². The zero-order valence-electron chi connectivity index (χ0n) is 10.7. The molecule has 1 rings (SSSR count). The van der Waals surface area contributed by atoms with E-state index in [-0.39, 0.29) is 5.71 Å². The van der Waals surface area contributed by atoms with Crippen molar-refractivity contribution in [2.24, 2.45) is 10.6 Å². The minimum Gasteiger partial charge on any atom is -0.316 e. The molecule has 20 heavy (non-hydrogen) atoms. The molecule has 0 aliphatic heterocycles. The fourth-order valence-electron chi connectivity index (χ4n) is 1.05. The largest absolute Gasteiger partial charge is 0.404 e. The molecule has 1 aromatic carbocycles. The predicted octanol–water partition coefficient (Wildman–Crippen LogP) is 3.05. The van der Waals surface area contributed by atoms with Gasteiger partial charge in [0.15, 0.2) is 11.1 Å². The number of nitrogens with zero attached hydrogens (tertiary/aromatic N) is 2. The van der Waals surface area contributed by atoms with Crippen LogP contribution in [-0.2, 0) is 9.63 Å². The second-order valence-corrected chi connectivity index (χ2v) is 4.42. The molecule has 0 aromatic heterocycles. The van der Waals surface area contributed by atoms with E-state index in [4.69, 9.17) is 5.26 Å². The van der Waals surface area contributed by atoms with Gasteiger partial charge in [0.25, 0.3) is 0 Å². The summed E-state index contributed by atoms with van der Waals surface area (Å²) in [5, 5.41) is 12.1. The van der Waals surface area contributed by atoms with E-state index >= 15 is 0 Å². The molecule has 0 aliphatic carbocycles. The van der Waals surface area contributed by atoms with Crippen LogP contribution in [0.25, 0.3) is 0 Å². The maximum Gasteiger partial charge on any atom is 0.404 e. The molecule has 0 saturated carbocycles. The van der Waals surface area contributed by atoms with Gasteiger partial charge < -0.3 is 4.84 Å². The van der Waals surface area contributed by atoms with Crippen molar-refractivity contribution < 1.29 is 22.8 Å². The molecule has 0 atom stereocenters. The van der Waals surface area contributed by atoms with Crippen molar-refractivity contribution in [3.63, 3.8) is 0 Å². The number of hydrogen-bond acceptors (Lipinski definition) is 4. The summed E-state index contributed by atoms with van der Waals surface area (Å²) in [6.45, 7) is 1.36. The van der Waals surface area contributed by atoms with Gasteiger partial charge in [0, 0.05) is 5.56 Å². The number of carbonyl (C=O) groups is 1. The van der Waals surface area contributed by atoms with Crippen LogP contribution in [0, 0.1) is 16.7 Å². The van der Waals surface area contributed by atoms with Crippen molar-refractivity contribution in [3.05, 3.63) is 35.9 Å². The third kappa shape index (κ3) is 3.35. The molecule has 0 fully saturated rings. The van der Waals surface area contributed by atoms with Gasteiger partial charge in [0.1, 0.15) is 6.07 Å². The van der Waals surface area contributed by atoms with Crippen molar-refractivity contribution in [2.45, 2.75) is 20.0 Å². The lowest BCUT2D eigenvalue weighted by Crippen LogP contribution is -2.40. The van der Waals surface area contributed by atoms with Crippen molar-refractivity contribution in [2.75, 3.05) is 0 Å². The summed E-state index contributed by atoms with van der Waals surface area (Å²) in [7, 11) is 0. The number of benzene rings is 1. The van der Waals surface area contributed by atoms with Crippen LogP contribution in [0.2, 0.25) is 0 Å². The maximum atomic E-state index is 12.6. The van der Waals surface area contributed by atoms with E-state index in [9.17, 15) is 18.0 Å². The van der Waals surface area contributed by atoms with Crippen LogP contribution < -0.4 is 0 Å². The van der Waals surface area contributed by atoms with Gasteiger partial charge in [-0.2, -0.15) is 18.4 Å². The first kappa shape index (κ1) is 15.7. The quantitative estimate of drug-likeness (QED) is 0.487. The zero-order chi connectivity index (χ0) is 15.4. The molecule has 106 valence electrons.